The second-order valence-electron chi connectivity index (χ2n) is 4.59. The highest BCUT2D eigenvalue weighted by Crippen LogP contribution is 2.37. The van der Waals surface area contributed by atoms with Gasteiger partial charge in [-0.2, -0.15) is 0 Å². The summed E-state index contributed by atoms with van der Waals surface area (Å²) in [4.78, 5) is 0. The van der Waals surface area contributed by atoms with Crippen LogP contribution in [0.25, 0.3) is 0 Å². The van der Waals surface area contributed by atoms with E-state index in [4.69, 9.17) is 26.4 Å². The summed E-state index contributed by atoms with van der Waals surface area (Å²) < 4.78 is 16.7. The molecule has 0 bridgehead atoms. The van der Waals surface area contributed by atoms with Gasteiger partial charge in [0.2, 0.25) is 0 Å². The summed E-state index contributed by atoms with van der Waals surface area (Å²) in [5, 5.41) is 16.3. The van der Waals surface area contributed by atoms with E-state index in [1.807, 2.05) is 0 Å². The van der Waals surface area contributed by atoms with Gasteiger partial charge in [0.05, 0.1) is 0 Å². The fourth-order valence-corrected chi connectivity index (χ4v) is 2.09. The van der Waals surface area contributed by atoms with Gasteiger partial charge in [-0.3, -0.25) is 0 Å². The fourth-order valence-electron chi connectivity index (χ4n) is 2.01. The Labute approximate surface area is 106 Å². The Morgan fingerprint density at radius 3 is 2.71 bits per heavy atom. The van der Waals surface area contributed by atoms with Gasteiger partial charge in [0.1, 0.15) is 18.3 Å². The molecule has 0 aliphatic carbocycles. The van der Waals surface area contributed by atoms with Gasteiger partial charge in [-0.15, -0.1) is 0 Å². The highest BCUT2D eigenvalue weighted by Gasteiger charge is 2.54. The molecule has 2 rings (SSSR count). The van der Waals surface area contributed by atoms with Crippen LogP contribution >= 0.6 is 12.2 Å². The van der Waals surface area contributed by atoms with E-state index < -0.39 is 24.3 Å². The number of ether oxygens (including phenoxy) is 3. The van der Waals surface area contributed by atoms with E-state index in [9.17, 15) is 5.11 Å². The van der Waals surface area contributed by atoms with E-state index in [-0.39, 0.29) is 6.10 Å². The Balaban J connectivity index is 1.87. The van der Waals surface area contributed by atoms with E-state index in [2.05, 4.69) is 10.6 Å². The maximum Gasteiger partial charge on any atom is 0.190 e. The van der Waals surface area contributed by atoms with Gasteiger partial charge in [0, 0.05) is 13.6 Å². The molecule has 0 unspecified atom stereocenters. The Morgan fingerprint density at radius 2 is 2.12 bits per heavy atom. The molecule has 0 radical (unpaired) electrons. The Kier molecular flexibility index (Phi) is 3.55. The van der Waals surface area contributed by atoms with Crippen molar-refractivity contribution in [2.45, 2.75) is 44.2 Å². The summed E-state index contributed by atoms with van der Waals surface area (Å²) in [6.07, 6.45) is -2.03. The zero-order chi connectivity index (χ0) is 12.6. The average molecular weight is 262 g/mol. The molecule has 0 saturated carbocycles. The molecule has 2 saturated heterocycles. The lowest BCUT2D eigenvalue weighted by molar-refractivity contribution is -0.213. The van der Waals surface area contributed by atoms with Crippen molar-refractivity contribution >= 4 is 17.3 Å². The molecule has 2 aliphatic rings. The molecule has 4 atom stereocenters. The number of rotatable bonds is 2. The maximum absolute atomic E-state index is 10.0. The van der Waals surface area contributed by atoms with Gasteiger partial charge in [-0.25, -0.2) is 0 Å². The Hall–Kier alpha value is -0.470. The molecule has 0 spiro atoms. The first-order valence-electron chi connectivity index (χ1n) is 5.58. The molecule has 6 nitrogen and oxygen atoms in total. The van der Waals surface area contributed by atoms with Gasteiger partial charge in [-0.05, 0) is 26.1 Å². The van der Waals surface area contributed by atoms with Gasteiger partial charge >= 0.3 is 0 Å². The molecule has 0 amide bonds. The van der Waals surface area contributed by atoms with Crippen molar-refractivity contribution in [2.75, 3.05) is 13.6 Å². The van der Waals surface area contributed by atoms with Crippen molar-refractivity contribution in [1.29, 1.82) is 0 Å². The minimum atomic E-state index is -0.714. The summed E-state index contributed by atoms with van der Waals surface area (Å²) in [7, 11) is 1.73. The smallest absolute Gasteiger partial charge is 0.190 e. The second-order valence-corrected chi connectivity index (χ2v) is 5.00. The summed E-state index contributed by atoms with van der Waals surface area (Å²) in [5.74, 6) is -0.699. The summed E-state index contributed by atoms with van der Waals surface area (Å²) >= 11 is 4.94. The normalized spacial score (nSPS) is 38.8. The molecule has 7 heteroatoms. The number of aliphatic hydroxyl groups is 1. The fraction of sp³-hybridized carbons (Fsp3) is 0.900. The first-order valence-corrected chi connectivity index (χ1v) is 5.98. The van der Waals surface area contributed by atoms with Crippen molar-refractivity contribution in [3.05, 3.63) is 0 Å². The van der Waals surface area contributed by atoms with E-state index in [1.54, 1.807) is 20.9 Å². The summed E-state index contributed by atoms with van der Waals surface area (Å²) in [6, 6.07) is 0. The van der Waals surface area contributed by atoms with Crippen LogP contribution in [0.2, 0.25) is 0 Å². The molecule has 0 aromatic heterocycles. The third kappa shape index (κ3) is 2.69. The molecule has 2 fully saturated rings. The van der Waals surface area contributed by atoms with Gasteiger partial charge < -0.3 is 30.0 Å². The first-order chi connectivity index (χ1) is 7.93. The third-order valence-corrected chi connectivity index (χ3v) is 3.15. The van der Waals surface area contributed by atoms with Crippen LogP contribution in [0.4, 0.5) is 0 Å². The zero-order valence-electron chi connectivity index (χ0n) is 10.1. The lowest BCUT2D eigenvalue weighted by Gasteiger charge is -2.23. The van der Waals surface area contributed by atoms with E-state index >= 15 is 0 Å². The first kappa shape index (κ1) is 13.0. The highest BCUT2D eigenvalue weighted by atomic mass is 32.1. The van der Waals surface area contributed by atoms with E-state index in [1.165, 1.54) is 0 Å². The predicted octanol–water partition coefficient (Wildman–Crippen LogP) is -0.682. The molecule has 17 heavy (non-hydrogen) atoms. The average Bonchev–Trinajstić information content (AvgIpc) is 2.70. The van der Waals surface area contributed by atoms with Crippen LogP contribution in [0.1, 0.15) is 13.8 Å². The van der Waals surface area contributed by atoms with Crippen LogP contribution in [-0.4, -0.2) is 54.2 Å². The highest BCUT2D eigenvalue weighted by molar-refractivity contribution is 7.80. The third-order valence-electron chi connectivity index (χ3n) is 2.81. The summed E-state index contributed by atoms with van der Waals surface area (Å²) in [6.45, 7) is 4.01. The standard InChI is InChI=1S/C10H18N2O4S/c1-10(2)15-7-6(13)5(14-8(7)16-10)4-12-9(17)11-3/h5-8,13H,4H2,1-3H3,(H2,11,12,17)/t5-,6+,7-,8-/m1/s1. The van der Waals surface area contributed by atoms with Crippen molar-refractivity contribution < 1.29 is 19.3 Å². The second kappa shape index (κ2) is 4.66. The van der Waals surface area contributed by atoms with E-state index in [0.717, 1.165) is 0 Å². The number of hydrogen-bond acceptors (Lipinski definition) is 5. The molecule has 2 aliphatic heterocycles. The molecule has 2 heterocycles. The monoisotopic (exact) mass is 262 g/mol. The van der Waals surface area contributed by atoms with Gasteiger partial charge in [0.15, 0.2) is 17.2 Å². The zero-order valence-corrected chi connectivity index (χ0v) is 10.9. The quantitative estimate of drug-likeness (QED) is 0.569. The van der Waals surface area contributed by atoms with Crippen LogP contribution in [0.15, 0.2) is 0 Å². The number of fused-ring (bicyclic) bond motifs is 1. The molecule has 0 aromatic rings. The van der Waals surface area contributed by atoms with Crippen molar-refractivity contribution in [1.82, 2.24) is 10.6 Å². The number of thiocarbonyl (C=S) groups is 1. The predicted molar refractivity (Wildman–Crippen MR) is 64.4 cm³/mol. The SMILES string of the molecule is CNC(=S)NC[C@H]1O[C@@H]2OC(C)(C)O[C@@H]2[C@H]1O. The lowest BCUT2D eigenvalue weighted by Crippen LogP contribution is -2.43. The minimum Gasteiger partial charge on any atom is -0.387 e. The lowest BCUT2D eigenvalue weighted by atomic mass is 10.1. The number of aliphatic hydroxyl groups excluding tert-OH is 1. The maximum atomic E-state index is 10.0. The molecular weight excluding hydrogens is 244 g/mol. The Morgan fingerprint density at radius 1 is 1.41 bits per heavy atom. The van der Waals surface area contributed by atoms with Crippen molar-refractivity contribution in [3.63, 3.8) is 0 Å². The topological polar surface area (TPSA) is 72.0 Å². The van der Waals surface area contributed by atoms with Crippen molar-refractivity contribution in [3.8, 4) is 0 Å². The van der Waals surface area contributed by atoms with Crippen LogP contribution in [0, 0.1) is 0 Å². The molecule has 98 valence electrons. The van der Waals surface area contributed by atoms with Gasteiger partial charge in [-0.1, -0.05) is 0 Å². The van der Waals surface area contributed by atoms with Crippen molar-refractivity contribution in [2.24, 2.45) is 0 Å². The molecular formula is C10H18N2O4S. The summed E-state index contributed by atoms with van der Waals surface area (Å²) in [5.41, 5.74) is 0. The van der Waals surface area contributed by atoms with Crippen LogP contribution in [0.3, 0.4) is 0 Å². The van der Waals surface area contributed by atoms with Crippen LogP contribution in [-0.2, 0) is 14.2 Å². The minimum absolute atomic E-state index is 0.382. The Bertz CT molecular complexity index is 313. The van der Waals surface area contributed by atoms with Crippen LogP contribution in [0.5, 0.6) is 0 Å². The molecule has 3 N–H and O–H groups in total. The number of nitrogens with one attached hydrogen (secondary N) is 2. The molecule has 0 aromatic carbocycles. The van der Waals surface area contributed by atoms with E-state index in [0.29, 0.717) is 11.7 Å². The number of hydrogen-bond donors (Lipinski definition) is 3. The van der Waals surface area contributed by atoms with Gasteiger partial charge in [0.25, 0.3) is 0 Å². The largest absolute Gasteiger partial charge is 0.387 e. The van der Waals surface area contributed by atoms with Crippen LogP contribution < -0.4 is 10.6 Å².